The highest BCUT2D eigenvalue weighted by Gasteiger charge is 2.36. The lowest BCUT2D eigenvalue weighted by molar-refractivity contribution is -0.117. The van der Waals surface area contributed by atoms with E-state index in [1.807, 2.05) is 6.07 Å². The fraction of sp³-hybridized carbons (Fsp3) is 0.350. The van der Waals surface area contributed by atoms with Gasteiger partial charge in [0.15, 0.2) is 0 Å². The van der Waals surface area contributed by atoms with Crippen LogP contribution in [0.3, 0.4) is 0 Å². The summed E-state index contributed by atoms with van der Waals surface area (Å²) in [5.41, 5.74) is 3.90. The van der Waals surface area contributed by atoms with Gasteiger partial charge in [-0.15, -0.1) is 0 Å². The van der Waals surface area contributed by atoms with Gasteiger partial charge >= 0.3 is 0 Å². The van der Waals surface area contributed by atoms with Crippen molar-refractivity contribution in [2.45, 2.75) is 38.5 Å². The van der Waals surface area contributed by atoms with Gasteiger partial charge in [0, 0.05) is 12.8 Å². The molecule has 1 aliphatic rings. The van der Waals surface area contributed by atoms with E-state index in [0.29, 0.717) is 11.7 Å². The summed E-state index contributed by atoms with van der Waals surface area (Å²) in [6.07, 6.45) is 2.54. The summed E-state index contributed by atoms with van der Waals surface area (Å²) >= 11 is 0. The van der Waals surface area contributed by atoms with Crippen LogP contribution in [0.1, 0.15) is 38.7 Å². The van der Waals surface area contributed by atoms with Gasteiger partial charge in [0.2, 0.25) is 0 Å². The predicted molar refractivity (Wildman–Crippen MR) is 87.3 cm³/mol. The minimum absolute atomic E-state index is 0.0708. The average Bonchev–Trinajstić information content (AvgIpc) is 2.96. The molecule has 0 saturated heterocycles. The van der Waals surface area contributed by atoms with Crippen LogP contribution in [-0.2, 0) is 10.2 Å². The number of ketones is 1. The van der Waals surface area contributed by atoms with E-state index in [1.165, 1.54) is 16.7 Å². The molecule has 0 N–H and O–H groups in total. The van der Waals surface area contributed by atoms with E-state index in [9.17, 15) is 4.79 Å². The molecule has 1 fully saturated rings. The maximum absolute atomic E-state index is 11.6. The lowest BCUT2D eigenvalue weighted by Gasteiger charge is -2.32. The van der Waals surface area contributed by atoms with Crippen molar-refractivity contribution >= 4 is 5.78 Å². The zero-order valence-corrected chi connectivity index (χ0v) is 12.8. The maximum atomic E-state index is 11.6. The summed E-state index contributed by atoms with van der Waals surface area (Å²) in [6.45, 7) is 4.54. The minimum Gasteiger partial charge on any atom is -0.300 e. The number of Topliss-reactive ketones (excluding diaryl/α,β-unsaturated/α-hetero) is 1. The molecule has 108 valence electrons. The summed E-state index contributed by atoms with van der Waals surface area (Å²) in [5.74, 6) is 0.904. The van der Waals surface area contributed by atoms with Crippen LogP contribution in [0.2, 0.25) is 0 Å². The molecule has 0 aliphatic heterocycles. The van der Waals surface area contributed by atoms with Crippen molar-refractivity contribution in [2.24, 2.45) is 5.92 Å². The Bertz CT molecular complexity index is 623. The molecule has 2 aromatic carbocycles. The standard InChI is InChI=1S/C20H22O/c1-20(2,18-12-13-19(21)14-18)17-10-8-16(9-11-17)15-6-4-3-5-7-15/h3-11,18H,12-14H2,1-2H3. The van der Waals surface area contributed by atoms with Crippen LogP contribution in [0.5, 0.6) is 0 Å². The van der Waals surface area contributed by atoms with Gasteiger partial charge < -0.3 is 0 Å². The Morgan fingerprint density at radius 3 is 2.10 bits per heavy atom. The molecule has 0 aromatic heterocycles. The second-order valence-electron chi connectivity index (χ2n) is 6.64. The minimum atomic E-state index is 0.0708. The molecular weight excluding hydrogens is 256 g/mol. The van der Waals surface area contributed by atoms with Gasteiger partial charge in [-0.25, -0.2) is 0 Å². The fourth-order valence-corrected chi connectivity index (χ4v) is 3.39. The molecule has 1 unspecified atom stereocenters. The zero-order chi connectivity index (χ0) is 14.9. The molecule has 3 rings (SSSR count). The van der Waals surface area contributed by atoms with Crippen molar-refractivity contribution in [1.29, 1.82) is 0 Å². The molecule has 1 saturated carbocycles. The second kappa shape index (κ2) is 5.48. The van der Waals surface area contributed by atoms with Crippen LogP contribution in [0.15, 0.2) is 54.6 Å². The smallest absolute Gasteiger partial charge is 0.133 e. The van der Waals surface area contributed by atoms with Gasteiger partial charge in [-0.05, 0) is 34.4 Å². The van der Waals surface area contributed by atoms with Gasteiger partial charge in [0.1, 0.15) is 5.78 Å². The Morgan fingerprint density at radius 2 is 1.52 bits per heavy atom. The average molecular weight is 278 g/mol. The molecule has 0 radical (unpaired) electrons. The molecular formula is C20H22O. The highest BCUT2D eigenvalue weighted by Crippen LogP contribution is 2.41. The first-order chi connectivity index (χ1) is 10.1. The first-order valence-corrected chi connectivity index (χ1v) is 7.75. The normalized spacial score (nSPS) is 19.0. The predicted octanol–water partition coefficient (Wildman–Crippen LogP) is 5.00. The number of hydrogen-bond acceptors (Lipinski definition) is 1. The van der Waals surface area contributed by atoms with Crippen molar-refractivity contribution in [3.63, 3.8) is 0 Å². The Kier molecular flexibility index (Phi) is 3.67. The molecule has 2 aromatic rings. The molecule has 0 spiro atoms. The van der Waals surface area contributed by atoms with E-state index in [-0.39, 0.29) is 5.41 Å². The summed E-state index contributed by atoms with van der Waals surface area (Å²) in [4.78, 5) is 11.6. The fourth-order valence-electron chi connectivity index (χ4n) is 3.39. The third-order valence-corrected chi connectivity index (χ3v) is 5.00. The summed E-state index contributed by atoms with van der Waals surface area (Å²) in [5, 5.41) is 0. The monoisotopic (exact) mass is 278 g/mol. The molecule has 1 nitrogen and oxygen atoms in total. The van der Waals surface area contributed by atoms with Crippen LogP contribution in [0.4, 0.5) is 0 Å². The van der Waals surface area contributed by atoms with Crippen LogP contribution >= 0.6 is 0 Å². The highest BCUT2D eigenvalue weighted by atomic mass is 16.1. The van der Waals surface area contributed by atoms with Crippen LogP contribution in [0.25, 0.3) is 11.1 Å². The molecule has 21 heavy (non-hydrogen) atoms. The lowest BCUT2D eigenvalue weighted by atomic mass is 9.72. The molecule has 1 heteroatoms. The topological polar surface area (TPSA) is 17.1 Å². The van der Waals surface area contributed by atoms with E-state index < -0.39 is 0 Å². The van der Waals surface area contributed by atoms with E-state index in [4.69, 9.17) is 0 Å². The van der Waals surface area contributed by atoms with Gasteiger partial charge in [0.25, 0.3) is 0 Å². The van der Waals surface area contributed by atoms with Gasteiger partial charge in [0.05, 0.1) is 0 Å². The SMILES string of the molecule is CC(C)(c1ccc(-c2ccccc2)cc1)C1CCC(=O)C1. The molecule has 0 heterocycles. The number of rotatable bonds is 3. The van der Waals surface area contributed by atoms with Crippen LogP contribution in [0, 0.1) is 5.92 Å². The number of carbonyl (C=O) groups is 1. The van der Waals surface area contributed by atoms with Crippen molar-refractivity contribution in [2.75, 3.05) is 0 Å². The third kappa shape index (κ3) is 2.78. The number of carbonyl (C=O) groups excluding carboxylic acids is 1. The number of hydrogen-bond donors (Lipinski definition) is 0. The first kappa shape index (κ1) is 14.1. The Hall–Kier alpha value is -1.89. The lowest BCUT2D eigenvalue weighted by Crippen LogP contribution is -2.27. The second-order valence-corrected chi connectivity index (χ2v) is 6.64. The third-order valence-electron chi connectivity index (χ3n) is 5.00. The van der Waals surface area contributed by atoms with E-state index in [0.717, 1.165) is 19.3 Å². The van der Waals surface area contributed by atoms with Gasteiger partial charge in [-0.2, -0.15) is 0 Å². The van der Waals surface area contributed by atoms with E-state index in [1.54, 1.807) is 0 Å². The van der Waals surface area contributed by atoms with E-state index >= 15 is 0 Å². The molecule has 1 atom stereocenters. The largest absolute Gasteiger partial charge is 0.300 e. The van der Waals surface area contributed by atoms with Crippen molar-refractivity contribution in [1.82, 2.24) is 0 Å². The van der Waals surface area contributed by atoms with Crippen molar-refractivity contribution in [3.05, 3.63) is 60.2 Å². The van der Waals surface area contributed by atoms with Crippen molar-refractivity contribution in [3.8, 4) is 11.1 Å². The Labute approximate surface area is 127 Å². The summed E-state index contributed by atoms with van der Waals surface area (Å²) < 4.78 is 0. The van der Waals surface area contributed by atoms with Crippen molar-refractivity contribution < 1.29 is 4.79 Å². The molecule has 0 amide bonds. The maximum Gasteiger partial charge on any atom is 0.133 e. The van der Waals surface area contributed by atoms with E-state index in [2.05, 4.69) is 62.4 Å². The van der Waals surface area contributed by atoms with Gasteiger partial charge in [-0.3, -0.25) is 4.79 Å². The quantitative estimate of drug-likeness (QED) is 0.772. The summed E-state index contributed by atoms with van der Waals surface area (Å²) in [6, 6.07) is 19.3. The van der Waals surface area contributed by atoms with Crippen LogP contribution < -0.4 is 0 Å². The zero-order valence-electron chi connectivity index (χ0n) is 12.8. The molecule has 1 aliphatic carbocycles. The Morgan fingerprint density at radius 1 is 0.905 bits per heavy atom. The highest BCUT2D eigenvalue weighted by molar-refractivity contribution is 5.81. The summed E-state index contributed by atoms with van der Waals surface area (Å²) in [7, 11) is 0. The number of benzene rings is 2. The first-order valence-electron chi connectivity index (χ1n) is 7.75. The molecule has 0 bridgehead atoms. The van der Waals surface area contributed by atoms with Crippen LogP contribution in [-0.4, -0.2) is 5.78 Å². The van der Waals surface area contributed by atoms with Gasteiger partial charge in [-0.1, -0.05) is 68.4 Å². The Balaban J connectivity index is 1.85.